The van der Waals surface area contributed by atoms with E-state index in [1.165, 1.54) is 4.90 Å². The number of rotatable bonds is 2. The van der Waals surface area contributed by atoms with Crippen LogP contribution in [0.3, 0.4) is 0 Å². The van der Waals surface area contributed by atoms with Crippen molar-refractivity contribution in [3.63, 3.8) is 0 Å². The largest absolute Gasteiger partial charge is 0.465 e. The van der Waals surface area contributed by atoms with Crippen molar-refractivity contribution >= 4 is 33.8 Å². The smallest absolute Gasteiger partial charge is 0.407 e. The Morgan fingerprint density at radius 3 is 2.32 bits per heavy atom. The number of hydrogen-bond acceptors (Lipinski definition) is 2. The van der Waals surface area contributed by atoms with E-state index in [-0.39, 0.29) is 12.1 Å². The van der Waals surface area contributed by atoms with E-state index in [1.807, 2.05) is 11.8 Å². The van der Waals surface area contributed by atoms with Gasteiger partial charge in [0, 0.05) is 26.7 Å². The Kier molecular flexibility index (Phi) is 3.76. The number of amides is 1. The van der Waals surface area contributed by atoms with Gasteiger partial charge in [0.05, 0.1) is 0 Å². The molecule has 0 spiro atoms. The van der Waals surface area contributed by atoms with Crippen molar-refractivity contribution in [3.05, 3.63) is 28.7 Å². The quantitative estimate of drug-likeness (QED) is 0.875. The van der Waals surface area contributed by atoms with Gasteiger partial charge in [-0.1, -0.05) is 15.9 Å². The van der Waals surface area contributed by atoms with E-state index in [9.17, 15) is 9.90 Å². The molecule has 2 aliphatic heterocycles. The summed E-state index contributed by atoms with van der Waals surface area (Å²) in [6.45, 7) is 0. The second kappa shape index (κ2) is 5.37. The van der Waals surface area contributed by atoms with Gasteiger partial charge in [0.25, 0.3) is 0 Å². The van der Waals surface area contributed by atoms with E-state index in [0.717, 1.165) is 30.2 Å². The highest BCUT2D eigenvalue weighted by molar-refractivity contribution is 9.10. The molecule has 2 bridgehead atoms. The summed E-state index contributed by atoms with van der Waals surface area (Å²) < 4.78 is 1.10. The molecule has 102 valence electrons. The van der Waals surface area contributed by atoms with Crippen LogP contribution in [0, 0.1) is 0 Å². The fourth-order valence-corrected chi connectivity index (χ4v) is 4.82. The summed E-state index contributed by atoms with van der Waals surface area (Å²) in [4.78, 5) is 14.2. The third-order valence-corrected chi connectivity index (χ3v) is 5.82. The molecule has 2 saturated heterocycles. The van der Waals surface area contributed by atoms with E-state index in [1.54, 1.807) is 4.90 Å². The van der Waals surface area contributed by atoms with E-state index < -0.39 is 6.09 Å². The lowest BCUT2D eigenvalue weighted by Crippen LogP contribution is -2.46. The molecule has 2 atom stereocenters. The number of nitrogens with zero attached hydrogens (tertiary/aromatic N) is 1. The highest BCUT2D eigenvalue weighted by Crippen LogP contribution is 2.42. The Bertz CT molecular complexity index is 465. The van der Waals surface area contributed by atoms with Crippen LogP contribution >= 0.6 is 27.7 Å². The van der Waals surface area contributed by atoms with Crippen LogP contribution in [0.4, 0.5) is 4.79 Å². The molecule has 2 fully saturated rings. The average molecular weight is 342 g/mol. The van der Waals surface area contributed by atoms with Crippen LogP contribution in [0.25, 0.3) is 0 Å². The Morgan fingerprint density at radius 1 is 1.21 bits per heavy atom. The first-order valence-electron chi connectivity index (χ1n) is 6.57. The molecule has 2 heterocycles. The molecule has 2 unspecified atom stereocenters. The first-order valence-corrected chi connectivity index (χ1v) is 8.24. The van der Waals surface area contributed by atoms with Gasteiger partial charge in [-0.15, -0.1) is 11.8 Å². The van der Waals surface area contributed by atoms with Crippen molar-refractivity contribution in [2.24, 2.45) is 0 Å². The number of halogens is 1. The topological polar surface area (TPSA) is 40.5 Å². The van der Waals surface area contributed by atoms with Gasteiger partial charge in [-0.2, -0.15) is 0 Å². The summed E-state index contributed by atoms with van der Waals surface area (Å²) in [6.07, 6.45) is 3.31. The normalized spacial score (nSPS) is 29.5. The third-order valence-electron chi connectivity index (χ3n) is 4.03. The van der Waals surface area contributed by atoms with Gasteiger partial charge < -0.3 is 10.0 Å². The molecular formula is C14H16BrNO2S. The van der Waals surface area contributed by atoms with Gasteiger partial charge in [-0.25, -0.2) is 4.79 Å². The second-order valence-electron chi connectivity index (χ2n) is 5.24. The van der Waals surface area contributed by atoms with Gasteiger partial charge in [0.2, 0.25) is 0 Å². The average Bonchev–Trinajstić information content (AvgIpc) is 2.65. The first kappa shape index (κ1) is 13.3. The lowest BCUT2D eigenvalue weighted by atomic mass is 10.0. The van der Waals surface area contributed by atoms with Crippen molar-refractivity contribution in [1.29, 1.82) is 0 Å². The standard InChI is InChI=1S/C14H16BrNO2S/c15-9-1-5-12(6-2-9)19-13-7-10-3-4-11(8-13)16(10)14(17)18/h1-2,5-6,10-11,13H,3-4,7-8H2,(H,17,18). The van der Waals surface area contributed by atoms with Crippen LogP contribution in [0.2, 0.25) is 0 Å². The molecule has 0 saturated carbocycles. The second-order valence-corrected chi connectivity index (χ2v) is 7.53. The summed E-state index contributed by atoms with van der Waals surface area (Å²) in [7, 11) is 0. The molecule has 19 heavy (non-hydrogen) atoms. The van der Waals surface area contributed by atoms with Crippen LogP contribution in [0.5, 0.6) is 0 Å². The Hall–Kier alpha value is -0.680. The molecule has 3 nitrogen and oxygen atoms in total. The maximum Gasteiger partial charge on any atom is 0.407 e. The van der Waals surface area contributed by atoms with Crippen LogP contribution in [-0.4, -0.2) is 33.4 Å². The fraction of sp³-hybridized carbons (Fsp3) is 0.500. The first-order chi connectivity index (χ1) is 9.13. The predicted molar refractivity (Wildman–Crippen MR) is 79.7 cm³/mol. The number of carboxylic acid groups (broad SMARTS) is 1. The van der Waals surface area contributed by atoms with E-state index in [0.29, 0.717) is 5.25 Å². The van der Waals surface area contributed by atoms with Crippen LogP contribution in [-0.2, 0) is 0 Å². The SMILES string of the molecule is O=C(O)N1C2CCC1CC(Sc1ccc(Br)cc1)C2. The van der Waals surface area contributed by atoms with E-state index in [4.69, 9.17) is 0 Å². The van der Waals surface area contributed by atoms with Crippen LogP contribution < -0.4 is 0 Å². The summed E-state index contributed by atoms with van der Waals surface area (Å²) in [6, 6.07) is 8.85. The zero-order chi connectivity index (χ0) is 13.4. The molecule has 1 aromatic rings. The van der Waals surface area contributed by atoms with Gasteiger partial charge in [-0.05, 0) is 49.9 Å². The number of thioether (sulfide) groups is 1. The molecule has 1 N–H and O–H groups in total. The lowest BCUT2D eigenvalue weighted by Gasteiger charge is -2.36. The van der Waals surface area contributed by atoms with Crippen LogP contribution in [0.15, 0.2) is 33.6 Å². The minimum absolute atomic E-state index is 0.240. The fourth-order valence-electron chi connectivity index (χ4n) is 3.24. The van der Waals surface area contributed by atoms with E-state index >= 15 is 0 Å². The molecule has 1 amide bonds. The molecule has 0 aromatic heterocycles. The van der Waals surface area contributed by atoms with Crippen molar-refractivity contribution in [2.75, 3.05) is 0 Å². The molecular weight excluding hydrogens is 326 g/mol. The van der Waals surface area contributed by atoms with Gasteiger partial charge in [0.1, 0.15) is 0 Å². The Morgan fingerprint density at radius 2 is 1.79 bits per heavy atom. The van der Waals surface area contributed by atoms with E-state index in [2.05, 4.69) is 40.2 Å². The van der Waals surface area contributed by atoms with Crippen molar-refractivity contribution in [3.8, 4) is 0 Å². The maximum atomic E-state index is 11.2. The third kappa shape index (κ3) is 2.77. The number of fused-ring (bicyclic) bond motifs is 2. The monoisotopic (exact) mass is 341 g/mol. The maximum absolute atomic E-state index is 11.2. The van der Waals surface area contributed by atoms with Crippen molar-refractivity contribution < 1.29 is 9.90 Å². The zero-order valence-electron chi connectivity index (χ0n) is 10.5. The number of piperidine rings is 1. The predicted octanol–water partition coefficient (Wildman–Crippen LogP) is 4.21. The van der Waals surface area contributed by atoms with Gasteiger partial charge >= 0.3 is 6.09 Å². The number of benzene rings is 1. The number of hydrogen-bond donors (Lipinski definition) is 1. The molecule has 5 heteroatoms. The van der Waals surface area contributed by atoms with Crippen molar-refractivity contribution in [1.82, 2.24) is 4.90 Å². The molecule has 1 aromatic carbocycles. The lowest BCUT2D eigenvalue weighted by molar-refractivity contribution is 0.104. The molecule has 2 aliphatic rings. The molecule has 3 rings (SSSR count). The summed E-state index contributed by atoms with van der Waals surface area (Å²) in [5, 5.41) is 9.79. The minimum atomic E-state index is -0.736. The zero-order valence-corrected chi connectivity index (χ0v) is 12.9. The molecule has 0 radical (unpaired) electrons. The Balaban J connectivity index is 1.66. The van der Waals surface area contributed by atoms with Crippen LogP contribution in [0.1, 0.15) is 25.7 Å². The molecule has 0 aliphatic carbocycles. The Labute approximate surface area is 125 Å². The van der Waals surface area contributed by atoms with Gasteiger partial charge in [0.15, 0.2) is 0 Å². The van der Waals surface area contributed by atoms with Crippen molar-refractivity contribution in [2.45, 2.75) is 47.9 Å². The summed E-state index contributed by atoms with van der Waals surface area (Å²) in [5.74, 6) is 0. The minimum Gasteiger partial charge on any atom is -0.465 e. The highest BCUT2D eigenvalue weighted by atomic mass is 79.9. The summed E-state index contributed by atoms with van der Waals surface area (Å²) >= 11 is 5.34. The highest BCUT2D eigenvalue weighted by Gasteiger charge is 2.43. The van der Waals surface area contributed by atoms with Gasteiger partial charge in [-0.3, -0.25) is 0 Å². The number of carbonyl (C=O) groups is 1. The summed E-state index contributed by atoms with van der Waals surface area (Å²) in [5.41, 5.74) is 0.